The Morgan fingerprint density at radius 3 is 2.79 bits per heavy atom. The molecule has 2 aromatic rings. The first-order valence-corrected chi connectivity index (χ1v) is 6.88. The molecular weight excluding hydrogens is 311 g/mol. The number of hydrogen-bond donors (Lipinski definition) is 1. The fourth-order valence-corrected chi connectivity index (χ4v) is 2.19. The van der Waals surface area contributed by atoms with Crippen molar-refractivity contribution in [1.29, 1.82) is 0 Å². The summed E-state index contributed by atoms with van der Waals surface area (Å²) in [5.74, 6) is 1.22. The zero-order valence-electron chi connectivity index (χ0n) is 11.1. The molecule has 0 bridgehead atoms. The molecule has 1 aromatic heterocycles. The van der Waals surface area contributed by atoms with Crippen LogP contribution in [0.5, 0.6) is 0 Å². The van der Waals surface area contributed by atoms with E-state index in [1.807, 2.05) is 20.8 Å². The standard InChI is InChI=1S/C14H16BrFN2O/c1-8-10(3)19-14(18-8)7-17-9(2)12-6-11(15)4-5-13(12)16/h4-6,9,17H,7H2,1-3H3. The normalized spacial score (nSPS) is 12.7. The Morgan fingerprint density at radius 2 is 2.16 bits per heavy atom. The predicted octanol–water partition coefficient (Wildman–Crippen LogP) is 4.04. The second-order valence-corrected chi connectivity index (χ2v) is 5.43. The van der Waals surface area contributed by atoms with Crippen LogP contribution in [0, 0.1) is 19.7 Å². The van der Waals surface area contributed by atoms with Crippen LogP contribution < -0.4 is 5.32 Å². The fourth-order valence-electron chi connectivity index (χ4n) is 1.81. The lowest BCUT2D eigenvalue weighted by atomic mass is 10.1. The monoisotopic (exact) mass is 326 g/mol. The summed E-state index contributed by atoms with van der Waals surface area (Å²) in [4.78, 5) is 4.28. The first kappa shape index (κ1) is 14.2. The summed E-state index contributed by atoms with van der Waals surface area (Å²) in [5, 5.41) is 3.21. The summed E-state index contributed by atoms with van der Waals surface area (Å²) in [6.07, 6.45) is 0. The molecule has 0 aliphatic heterocycles. The molecular formula is C14H16BrFN2O. The van der Waals surface area contributed by atoms with Gasteiger partial charge in [0.2, 0.25) is 5.89 Å². The summed E-state index contributed by atoms with van der Waals surface area (Å²) in [6, 6.07) is 4.80. The molecule has 0 fully saturated rings. The molecule has 1 aromatic carbocycles. The lowest BCUT2D eigenvalue weighted by Gasteiger charge is -2.14. The van der Waals surface area contributed by atoms with Gasteiger partial charge in [-0.15, -0.1) is 0 Å². The molecule has 0 aliphatic rings. The van der Waals surface area contributed by atoms with Crippen LogP contribution in [0.2, 0.25) is 0 Å². The number of aryl methyl sites for hydroxylation is 2. The van der Waals surface area contributed by atoms with Crippen molar-refractivity contribution in [3.8, 4) is 0 Å². The molecule has 1 heterocycles. The molecule has 1 atom stereocenters. The second kappa shape index (κ2) is 5.84. The highest BCUT2D eigenvalue weighted by Crippen LogP contribution is 2.22. The van der Waals surface area contributed by atoms with Crippen molar-refractivity contribution in [1.82, 2.24) is 10.3 Å². The molecule has 1 unspecified atom stereocenters. The van der Waals surface area contributed by atoms with Gasteiger partial charge in [0, 0.05) is 16.1 Å². The van der Waals surface area contributed by atoms with Gasteiger partial charge in [-0.25, -0.2) is 9.37 Å². The van der Waals surface area contributed by atoms with Gasteiger partial charge in [-0.1, -0.05) is 15.9 Å². The van der Waals surface area contributed by atoms with E-state index in [9.17, 15) is 4.39 Å². The van der Waals surface area contributed by atoms with Crippen molar-refractivity contribution < 1.29 is 8.81 Å². The Bertz CT molecular complexity index is 563. The minimum Gasteiger partial charge on any atom is -0.444 e. The molecule has 102 valence electrons. The van der Waals surface area contributed by atoms with Gasteiger partial charge in [-0.2, -0.15) is 0 Å². The van der Waals surface area contributed by atoms with E-state index in [0.717, 1.165) is 15.9 Å². The Labute approximate surface area is 120 Å². The highest BCUT2D eigenvalue weighted by atomic mass is 79.9. The number of aromatic nitrogens is 1. The maximum absolute atomic E-state index is 13.7. The minimum atomic E-state index is -0.219. The van der Waals surface area contributed by atoms with Crippen molar-refractivity contribution >= 4 is 15.9 Å². The molecule has 2 rings (SSSR count). The Kier molecular flexibility index (Phi) is 4.37. The average Bonchev–Trinajstić information content (AvgIpc) is 2.69. The van der Waals surface area contributed by atoms with E-state index in [-0.39, 0.29) is 11.9 Å². The third-order valence-electron chi connectivity index (χ3n) is 3.06. The van der Waals surface area contributed by atoms with Crippen molar-refractivity contribution in [2.24, 2.45) is 0 Å². The van der Waals surface area contributed by atoms with Crippen molar-refractivity contribution in [2.45, 2.75) is 33.4 Å². The molecule has 1 N–H and O–H groups in total. The Hall–Kier alpha value is -1.20. The second-order valence-electron chi connectivity index (χ2n) is 4.52. The van der Waals surface area contributed by atoms with Crippen LogP contribution in [0.1, 0.15) is 35.9 Å². The van der Waals surface area contributed by atoms with Gasteiger partial charge in [0.1, 0.15) is 11.6 Å². The Morgan fingerprint density at radius 1 is 1.42 bits per heavy atom. The van der Waals surface area contributed by atoms with Crippen LogP contribution in [0.3, 0.4) is 0 Å². The summed E-state index contributed by atoms with van der Waals surface area (Å²) in [5.41, 5.74) is 1.51. The van der Waals surface area contributed by atoms with Crippen molar-refractivity contribution in [3.05, 3.63) is 51.4 Å². The number of rotatable bonds is 4. The number of nitrogens with zero attached hydrogens (tertiary/aromatic N) is 1. The summed E-state index contributed by atoms with van der Waals surface area (Å²) >= 11 is 3.35. The fraction of sp³-hybridized carbons (Fsp3) is 0.357. The average molecular weight is 327 g/mol. The van der Waals surface area contributed by atoms with E-state index < -0.39 is 0 Å². The quantitative estimate of drug-likeness (QED) is 0.921. The third-order valence-corrected chi connectivity index (χ3v) is 3.55. The molecule has 0 amide bonds. The first-order valence-electron chi connectivity index (χ1n) is 6.08. The molecule has 0 saturated heterocycles. The van der Waals surface area contributed by atoms with Crippen LogP contribution >= 0.6 is 15.9 Å². The summed E-state index contributed by atoms with van der Waals surface area (Å²) in [7, 11) is 0. The largest absolute Gasteiger partial charge is 0.444 e. The van der Waals surface area contributed by atoms with E-state index in [2.05, 4.69) is 26.2 Å². The number of halogens is 2. The molecule has 0 aliphatic carbocycles. The topological polar surface area (TPSA) is 38.1 Å². The van der Waals surface area contributed by atoms with Gasteiger partial charge < -0.3 is 9.73 Å². The Balaban J connectivity index is 2.04. The van der Waals surface area contributed by atoms with Gasteiger partial charge in [-0.3, -0.25) is 0 Å². The van der Waals surface area contributed by atoms with Crippen molar-refractivity contribution in [3.63, 3.8) is 0 Å². The highest BCUT2D eigenvalue weighted by molar-refractivity contribution is 9.10. The maximum Gasteiger partial charge on any atom is 0.208 e. The van der Waals surface area contributed by atoms with E-state index in [1.165, 1.54) is 6.07 Å². The number of benzene rings is 1. The van der Waals surface area contributed by atoms with Gasteiger partial charge in [0.05, 0.1) is 12.2 Å². The zero-order valence-corrected chi connectivity index (χ0v) is 12.7. The molecule has 0 radical (unpaired) electrons. The van der Waals surface area contributed by atoms with E-state index in [1.54, 1.807) is 12.1 Å². The van der Waals surface area contributed by atoms with Crippen LogP contribution in [0.15, 0.2) is 27.1 Å². The van der Waals surface area contributed by atoms with Gasteiger partial charge in [0.25, 0.3) is 0 Å². The number of hydrogen-bond acceptors (Lipinski definition) is 3. The lowest BCUT2D eigenvalue weighted by Crippen LogP contribution is -2.19. The van der Waals surface area contributed by atoms with Gasteiger partial charge >= 0.3 is 0 Å². The van der Waals surface area contributed by atoms with Gasteiger partial charge in [0.15, 0.2) is 0 Å². The molecule has 3 nitrogen and oxygen atoms in total. The maximum atomic E-state index is 13.7. The summed E-state index contributed by atoms with van der Waals surface area (Å²) < 4.78 is 20.1. The van der Waals surface area contributed by atoms with Crippen LogP contribution in [0.25, 0.3) is 0 Å². The lowest BCUT2D eigenvalue weighted by molar-refractivity contribution is 0.427. The molecule has 5 heteroatoms. The first-order chi connectivity index (χ1) is 8.97. The smallest absolute Gasteiger partial charge is 0.208 e. The molecule has 19 heavy (non-hydrogen) atoms. The zero-order chi connectivity index (χ0) is 14.0. The van der Waals surface area contributed by atoms with Crippen molar-refractivity contribution in [2.75, 3.05) is 0 Å². The van der Waals surface area contributed by atoms with E-state index in [0.29, 0.717) is 18.0 Å². The third kappa shape index (κ3) is 3.42. The van der Waals surface area contributed by atoms with Crippen LogP contribution in [-0.2, 0) is 6.54 Å². The van der Waals surface area contributed by atoms with E-state index >= 15 is 0 Å². The minimum absolute atomic E-state index is 0.120. The van der Waals surface area contributed by atoms with Crippen LogP contribution in [-0.4, -0.2) is 4.98 Å². The number of nitrogens with one attached hydrogen (secondary N) is 1. The molecule has 0 saturated carbocycles. The number of oxazole rings is 1. The molecule has 0 spiro atoms. The SMILES string of the molecule is Cc1nc(CNC(C)c2cc(Br)ccc2F)oc1C. The summed E-state index contributed by atoms with van der Waals surface area (Å²) in [6.45, 7) is 6.16. The van der Waals surface area contributed by atoms with E-state index in [4.69, 9.17) is 4.42 Å². The predicted molar refractivity (Wildman–Crippen MR) is 75.3 cm³/mol. The van der Waals surface area contributed by atoms with Gasteiger partial charge in [-0.05, 0) is 39.0 Å². The van der Waals surface area contributed by atoms with Crippen LogP contribution in [0.4, 0.5) is 4.39 Å². The highest BCUT2D eigenvalue weighted by Gasteiger charge is 2.12.